The molecular formula is C12H23N5O. The molecule has 0 fully saturated rings. The normalized spacial score (nSPS) is 10.9. The second-order valence-electron chi connectivity index (χ2n) is 4.10. The molecular weight excluding hydrogens is 230 g/mol. The van der Waals surface area contributed by atoms with Gasteiger partial charge in [-0.25, -0.2) is 0 Å². The van der Waals surface area contributed by atoms with E-state index in [2.05, 4.69) is 34.5 Å². The predicted molar refractivity (Wildman–Crippen MR) is 72.6 cm³/mol. The Bertz CT molecular complexity index is 359. The van der Waals surface area contributed by atoms with Gasteiger partial charge in [-0.05, 0) is 20.1 Å². The van der Waals surface area contributed by atoms with E-state index < -0.39 is 0 Å². The molecule has 0 aliphatic heterocycles. The van der Waals surface area contributed by atoms with Crippen LogP contribution in [0.5, 0.6) is 0 Å². The van der Waals surface area contributed by atoms with Crippen LogP contribution >= 0.6 is 0 Å². The minimum atomic E-state index is -0.0548. The average molecular weight is 253 g/mol. The Morgan fingerprint density at radius 3 is 2.78 bits per heavy atom. The third-order valence-corrected chi connectivity index (χ3v) is 2.79. The van der Waals surface area contributed by atoms with E-state index in [0.717, 1.165) is 31.9 Å². The van der Waals surface area contributed by atoms with Gasteiger partial charge in [-0.3, -0.25) is 9.48 Å². The Hall–Kier alpha value is -1.40. The first-order valence-corrected chi connectivity index (χ1v) is 6.38. The van der Waals surface area contributed by atoms with Crippen LogP contribution in [-0.4, -0.2) is 53.8 Å². The molecule has 0 saturated carbocycles. The van der Waals surface area contributed by atoms with Gasteiger partial charge in [0.1, 0.15) is 0 Å². The van der Waals surface area contributed by atoms with Gasteiger partial charge in [0, 0.05) is 12.7 Å². The monoisotopic (exact) mass is 253 g/mol. The molecule has 0 aliphatic carbocycles. The molecule has 1 heterocycles. The molecule has 1 aromatic rings. The molecule has 1 amide bonds. The number of hydrogen-bond donors (Lipinski definition) is 2. The van der Waals surface area contributed by atoms with Gasteiger partial charge in [0.15, 0.2) is 0 Å². The summed E-state index contributed by atoms with van der Waals surface area (Å²) >= 11 is 0. The van der Waals surface area contributed by atoms with E-state index in [1.54, 1.807) is 13.2 Å². The summed E-state index contributed by atoms with van der Waals surface area (Å²) < 4.78 is 1.85. The van der Waals surface area contributed by atoms with Gasteiger partial charge in [0.05, 0.1) is 25.0 Å². The summed E-state index contributed by atoms with van der Waals surface area (Å²) in [6, 6.07) is 0. The molecule has 6 heteroatoms. The first kappa shape index (κ1) is 14.7. The largest absolute Gasteiger partial charge is 0.322 e. The Kier molecular flexibility index (Phi) is 6.38. The van der Waals surface area contributed by atoms with Gasteiger partial charge in [-0.15, -0.1) is 0 Å². The lowest BCUT2D eigenvalue weighted by Crippen LogP contribution is -2.27. The van der Waals surface area contributed by atoms with Crippen molar-refractivity contribution < 1.29 is 4.79 Å². The molecule has 6 nitrogen and oxygen atoms in total. The molecule has 0 atom stereocenters. The molecule has 0 aliphatic rings. The second kappa shape index (κ2) is 7.84. The fraction of sp³-hybridized carbons (Fsp3) is 0.667. The van der Waals surface area contributed by atoms with Crippen molar-refractivity contribution in [3.63, 3.8) is 0 Å². The number of anilines is 1. The first-order chi connectivity index (χ1) is 8.69. The van der Waals surface area contributed by atoms with Crippen molar-refractivity contribution in [1.82, 2.24) is 20.0 Å². The van der Waals surface area contributed by atoms with Crippen LogP contribution in [0.3, 0.4) is 0 Å². The quantitative estimate of drug-likeness (QED) is 0.703. The van der Waals surface area contributed by atoms with E-state index >= 15 is 0 Å². The zero-order chi connectivity index (χ0) is 13.4. The minimum Gasteiger partial charge on any atom is -0.322 e. The van der Waals surface area contributed by atoms with Crippen molar-refractivity contribution in [2.75, 3.05) is 38.5 Å². The lowest BCUT2D eigenvalue weighted by Gasteiger charge is -2.17. The van der Waals surface area contributed by atoms with Gasteiger partial charge < -0.3 is 15.5 Å². The molecule has 18 heavy (non-hydrogen) atoms. The van der Waals surface area contributed by atoms with Gasteiger partial charge in [-0.1, -0.05) is 13.8 Å². The van der Waals surface area contributed by atoms with Crippen molar-refractivity contribution in [3.05, 3.63) is 12.4 Å². The number of carbonyl (C=O) groups excluding carboxylic acids is 1. The number of likely N-dealkylation sites (N-methyl/N-ethyl adjacent to an activating group) is 2. The van der Waals surface area contributed by atoms with Crippen molar-refractivity contribution in [3.8, 4) is 0 Å². The lowest BCUT2D eigenvalue weighted by atomic mass is 10.4. The Labute approximate surface area is 108 Å². The zero-order valence-corrected chi connectivity index (χ0v) is 11.4. The van der Waals surface area contributed by atoms with Gasteiger partial charge in [0.2, 0.25) is 5.91 Å². The molecule has 0 aromatic carbocycles. The number of hydrogen-bond acceptors (Lipinski definition) is 4. The highest BCUT2D eigenvalue weighted by Gasteiger charge is 2.04. The van der Waals surface area contributed by atoms with Gasteiger partial charge >= 0.3 is 0 Å². The molecule has 0 unspecified atom stereocenters. The summed E-state index contributed by atoms with van der Waals surface area (Å²) in [5.74, 6) is -0.0548. The maximum atomic E-state index is 11.4. The molecule has 0 spiro atoms. The number of carbonyl (C=O) groups is 1. The zero-order valence-electron chi connectivity index (χ0n) is 11.4. The first-order valence-electron chi connectivity index (χ1n) is 6.38. The number of nitrogens with zero attached hydrogens (tertiary/aromatic N) is 3. The summed E-state index contributed by atoms with van der Waals surface area (Å²) in [6.07, 6.45) is 3.53. The Balaban J connectivity index is 2.40. The highest BCUT2D eigenvalue weighted by Crippen LogP contribution is 2.04. The second-order valence-corrected chi connectivity index (χ2v) is 4.10. The Morgan fingerprint density at radius 2 is 2.17 bits per heavy atom. The van der Waals surface area contributed by atoms with Crippen LogP contribution in [-0.2, 0) is 11.3 Å². The van der Waals surface area contributed by atoms with Gasteiger partial charge in [0.25, 0.3) is 0 Å². The van der Waals surface area contributed by atoms with Crippen LogP contribution < -0.4 is 10.6 Å². The summed E-state index contributed by atoms with van der Waals surface area (Å²) in [5, 5.41) is 9.81. The SMILES string of the molecule is CCN(CC)CCn1cc(NC(=O)CNC)cn1. The highest BCUT2D eigenvalue weighted by molar-refractivity contribution is 5.91. The summed E-state index contributed by atoms with van der Waals surface area (Å²) in [4.78, 5) is 13.7. The van der Waals surface area contributed by atoms with Crippen LogP contribution in [0.25, 0.3) is 0 Å². The molecule has 0 radical (unpaired) electrons. The lowest BCUT2D eigenvalue weighted by molar-refractivity contribution is -0.115. The number of aromatic nitrogens is 2. The highest BCUT2D eigenvalue weighted by atomic mass is 16.1. The van der Waals surface area contributed by atoms with E-state index in [0.29, 0.717) is 6.54 Å². The summed E-state index contributed by atoms with van der Waals surface area (Å²) in [7, 11) is 1.74. The molecule has 1 rings (SSSR count). The molecule has 1 aromatic heterocycles. The van der Waals surface area contributed by atoms with Crippen LogP contribution in [0.15, 0.2) is 12.4 Å². The third kappa shape index (κ3) is 4.85. The number of rotatable bonds is 8. The third-order valence-electron chi connectivity index (χ3n) is 2.79. The fourth-order valence-corrected chi connectivity index (χ4v) is 1.70. The maximum Gasteiger partial charge on any atom is 0.238 e. The average Bonchev–Trinajstić information content (AvgIpc) is 2.78. The minimum absolute atomic E-state index is 0.0548. The number of nitrogens with one attached hydrogen (secondary N) is 2. The van der Waals surface area contributed by atoms with Crippen molar-refractivity contribution >= 4 is 11.6 Å². The van der Waals surface area contributed by atoms with Crippen LogP contribution in [0, 0.1) is 0 Å². The van der Waals surface area contributed by atoms with Crippen LogP contribution in [0.1, 0.15) is 13.8 Å². The summed E-state index contributed by atoms with van der Waals surface area (Å²) in [5.41, 5.74) is 0.745. The predicted octanol–water partition coefficient (Wildman–Crippen LogP) is 0.383. The van der Waals surface area contributed by atoms with Crippen LogP contribution in [0.2, 0.25) is 0 Å². The number of amides is 1. The van der Waals surface area contributed by atoms with E-state index in [-0.39, 0.29) is 5.91 Å². The standard InChI is InChI=1S/C12H23N5O/c1-4-16(5-2)6-7-17-10-11(8-14-17)15-12(18)9-13-3/h8,10,13H,4-7,9H2,1-3H3,(H,15,18). The molecule has 0 saturated heterocycles. The van der Waals surface area contributed by atoms with Crippen molar-refractivity contribution in [1.29, 1.82) is 0 Å². The van der Waals surface area contributed by atoms with Crippen molar-refractivity contribution in [2.45, 2.75) is 20.4 Å². The van der Waals surface area contributed by atoms with Crippen molar-refractivity contribution in [2.24, 2.45) is 0 Å². The van der Waals surface area contributed by atoms with E-state index in [1.165, 1.54) is 0 Å². The fourth-order valence-electron chi connectivity index (χ4n) is 1.70. The van der Waals surface area contributed by atoms with Crippen LogP contribution in [0.4, 0.5) is 5.69 Å². The Morgan fingerprint density at radius 1 is 1.44 bits per heavy atom. The summed E-state index contributed by atoms with van der Waals surface area (Å²) in [6.45, 7) is 8.51. The maximum absolute atomic E-state index is 11.4. The van der Waals surface area contributed by atoms with E-state index in [9.17, 15) is 4.79 Å². The molecule has 102 valence electrons. The van der Waals surface area contributed by atoms with Gasteiger partial charge in [-0.2, -0.15) is 5.10 Å². The molecule has 0 bridgehead atoms. The van der Waals surface area contributed by atoms with E-state index in [1.807, 2.05) is 10.9 Å². The molecule has 2 N–H and O–H groups in total. The van der Waals surface area contributed by atoms with E-state index in [4.69, 9.17) is 0 Å². The topological polar surface area (TPSA) is 62.2 Å². The smallest absolute Gasteiger partial charge is 0.238 e.